The molecule has 3 aromatic carbocycles. The van der Waals surface area contributed by atoms with Crippen LogP contribution in [0.15, 0.2) is 93.9 Å². The normalized spacial score (nSPS) is 14.9. The summed E-state index contributed by atoms with van der Waals surface area (Å²) in [5.74, 6) is 0.669. The lowest BCUT2D eigenvalue weighted by molar-refractivity contribution is -0.139. The Hall–Kier alpha value is -4.14. The van der Waals surface area contributed by atoms with E-state index in [9.17, 15) is 9.59 Å². The van der Waals surface area contributed by atoms with E-state index in [2.05, 4.69) is 4.99 Å². The van der Waals surface area contributed by atoms with Crippen LogP contribution in [0.2, 0.25) is 5.02 Å². The van der Waals surface area contributed by atoms with Crippen molar-refractivity contribution in [3.8, 4) is 11.5 Å². The van der Waals surface area contributed by atoms with Crippen molar-refractivity contribution in [3.05, 3.63) is 125 Å². The highest BCUT2D eigenvalue weighted by Crippen LogP contribution is 2.35. The number of aromatic nitrogens is 1. The molecule has 1 atom stereocenters. The Morgan fingerprint density at radius 1 is 1.05 bits per heavy atom. The fourth-order valence-electron chi connectivity index (χ4n) is 4.59. The van der Waals surface area contributed by atoms with E-state index in [4.69, 9.17) is 25.8 Å². The summed E-state index contributed by atoms with van der Waals surface area (Å²) in [6.45, 7) is 4.05. The maximum atomic E-state index is 14.0. The van der Waals surface area contributed by atoms with Crippen LogP contribution in [0.4, 0.5) is 0 Å². The van der Waals surface area contributed by atoms with Gasteiger partial charge in [0.2, 0.25) is 0 Å². The minimum atomic E-state index is -0.759. The Labute approximate surface area is 240 Å². The van der Waals surface area contributed by atoms with E-state index in [1.807, 2.05) is 66.7 Å². The number of esters is 1. The molecular weight excluding hydrogens is 548 g/mol. The second-order valence-electron chi connectivity index (χ2n) is 9.00. The van der Waals surface area contributed by atoms with E-state index in [1.165, 1.54) is 11.3 Å². The summed E-state index contributed by atoms with van der Waals surface area (Å²) in [7, 11) is 1.56. The van der Waals surface area contributed by atoms with Gasteiger partial charge in [0.1, 0.15) is 24.1 Å². The maximum Gasteiger partial charge on any atom is 0.338 e. The fraction of sp³-hybridized carbons (Fsp3) is 0.194. The van der Waals surface area contributed by atoms with Crippen molar-refractivity contribution in [1.29, 1.82) is 0 Å². The Kier molecular flexibility index (Phi) is 8.19. The summed E-state index contributed by atoms with van der Waals surface area (Å²) in [4.78, 5) is 32.2. The number of halogens is 1. The number of thiazole rings is 1. The van der Waals surface area contributed by atoms with Crippen LogP contribution < -0.4 is 24.4 Å². The van der Waals surface area contributed by atoms with Crippen LogP contribution in [-0.2, 0) is 16.1 Å². The molecule has 5 rings (SSSR count). The third-order valence-corrected chi connectivity index (χ3v) is 7.70. The summed E-state index contributed by atoms with van der Waals surface area (Å²) < 4.78 is 19.1. The molecule has 9 heteroatoms. The van der Waals surface area contributed by atoms with Crippen LogP contribution in [0.3, 0.4) is 0 Å². The highest BCUT2D eigenvalue weighted by molar-refractivity contribution is 7.07. The fourth-order valence-corrected chi connectivity index (χ4v) is 5.76. The molecule has 0 spiro atoms. The van der Waals surface area contributed by atoms with Gasteiger partial charge in [-0.2, -0.15) is 0 Å². The SMILES string of the molecule is CCOC(=O)C1=C(C)N=c2sc(=Cc3ccccc3OCc3ccc(Cl)cc3)c(=O)n2C1c1ccccc1OC. The summed E-state index contributed by atoms with van der Waals surface area (Å²) in [5.41, 5.74) is 2.91. The third-order valence-electron chi connectivity index (χ3n) is 6.46. The van der Waals surface area contributed by atoms with Gasteiger partial charge in [0.15, 0.2) is 4.80 Å². The average Bonchev–Trinajstić information content (AvgIpc) is 3.26. The number of benzene rings is 3. The number of carbonyl (C=O) groups excluding carboxylic acids is 1. The lowest BCUT2D eigenvalue weighted by atomic mass is 9.95. The van der Waals surface area contributed by atoms with Crippen LogP contribution >= 0.6 is 22.9 Å². The highest BCUT2D eigenvalue weighted by atomic mass is 35.5. The molecule has 0 aliphatic carbocycles. The summed E-state index contributed by atoms with van der Waals surface area (Å²) in [6, 6.07) is 21.5. The molecule has 1 aromatic heterocycles. The van der Waals surface area contributed by atoms with Crippen LogP contribution in [0.1, 0.15) is 36.6 Å². The number of fused-ring (bicyclic) bond motifs is 1. The quantitative estimate of drug-likeness (QED) is 0.276. The third kappa shape index (κ3) is 5.46. The molecule has 2 heterocycles. The largest absolute Gasteiger partial charge is 0.496 e. The second kappa shape index (κ2) is 11.9. The Morgan fingerprint density at radius 3 is 2.48 bits per heavy atom. The first-order chi connectivity index (χ1) is 19.4. The number of rotatable bonds is 8. The lowest BCUT2D eigenvalue weighted by Crippen LogP contribution is -2.40. The molecule has 204 valence electrons. The number of allylic oxidation sites excluding steroid dienone is 1. The number of nitrogens with zero attached hydrogens (tertiary/aromatic N) is 2. The molecule has 7 nitrogen and oxygen atoms in total. The Morgan fingerprint density at radius 2 is 1.75 bits per heavy atom. The van der Waals surface area contributed by atoms with Gasteiger partial charge in [-0.1, -0.05) is 71.5 Å². The van der Waals surface area contributed by atoms with Gasteiger partial charge < -0.3 is 14.2 Å². The minimum Gasteiger partial charge on any atom is -0.496 e. The summed E-state index contributed by atoms with van der Waals surface area (Å²) in [5, 5.41) is 0.660. The minimum absolute atomic E-state index is 0.200. The lowest BCUT2D eigenvalue weighted by Gasteiger charge is -2.25. The van der Waals surface area contributed by atoms with Crippen molar-refractivity contribution in [1.82, 2.24) is 4.57 Å². The number of methoxy groups -OCH3 is 1. The maximum absolute atomic E-state index is 14.0. The van der Waals surface area contributed by atoms with Crippen LogP contribution in [0, 0.1) is 0 Å². The Bertz CT molecular complexity index is 1770. The van der Waals surface area contributed by atoms with E-state index < -0.39 is 12.0 Å². The van der Waals surface area contributed by atoms with E-state index in [-0.39, 0.29) is 12.2 Å². The number of ether oxygens (including phenoxy) is 3. The van der Waals surface area contributed by atoms with E-state index in [1.54, 1.807) is 37.7 Å². The number of hydrogen-bond donors (Lipinski definition) is 0. The van der Waals surface area contributed by atoms with E-state index >= 15 is 0 Å². The summed E-state index contributed by atoms with van der Waals surface area (Å²) in [6.07, 6.45) is 1.80. The highest BCUT2D eigenvalue weighted by Gasteiger charge is 2.34. The first-order valence-electron chi connectivity index (χ1n) is 12.7. The molecule has 40 heavy (non-hydrogen) atoms. The molecule has 0 fully saturated rings. The topological polar surface area (TPSA) is 79.1 Å². The van der Waals surface area contributed by atoms with Crippen LogP contribution in [0.5, 0.6) is 11.5 Å². The predicted molar refractivity (Wildman–Crippen MR) is 156 cm³/mol. The molecular formula is C31H27ClN2O5S. The van der Waals surface area contributed by atoms with Crippen molar-refractivity contribution in [2.75, 3.05) is 13.7 Å². The number of hydrogen-bond acceptors (Lipinski definition) is 7. The van der Waals surface area contributed by atoms with Gasteiger partial charge in [-0.15, -0.1) is 0 Å². The summed E-state index contributed by atoms with van der Waals surface area (Å²) >= 11 is 7.26. The zero-order chi connectivity index (χ0) is 28.2. The number of carbonyl (C=O) groups is 1. The molecule has 1 aliphatic rings. The van der Waals surface area contributed by atoms with Gasteiger partial charge in [-0.05, 0) is 49.8 Å². The molecule has 0 amide bonds. The average molecular weight is 575 g/mol. The Balaban J connectivity index is 1.61. The predicted octanol–water partition coefficient (Wildman–Crippen LogP) is 5.04. The monoisotopic (exact) mass is 574 g/mol. The van der Waals surface area contributed by atoms with E-state index in [0.29, 0.717) is 49.3 Å². The standard InChI is InChI=1S/C31H27ClN2O5S/c1-4-38-30(36)27-19(2)33-31-34(28(27)23-10-6-8-12-25(23)37-3)29(35)26(40-31)17-21-9-5-7-11-24(21)39-18-20-13-15-22(32)16-14-20/h5-17,28H,4,18H2,1-3H3. The zero-order valence-electron chi connectivity index (χ0n) is 22.2. The van der Waals surface area contributed by atoms with Crippen LogP contribution in [0.25, 0.3) is 6.08 Å². The molecule has 0 saturated carbocycles. The van der Waals surface area contributed by atoms with Crippen molar-refractivity contribution in [2.45, 2.75) is 26.5 Å². The molecule has 1 unspecified atom stereocenters. The zero-order valence-corrected chi connectivity index (χ0v) is 23.8. The number of para-hydroxylation sites is 2. The van der Waals surface area contributed by atoms with Gasteiger partial charge in [-0.25, -0.2) is 9.79 Å². The second-order valence-corrected chi connectivity index (χ2v) is 10.4. The molecule has 0 saturated heterocycles. The van der Waals surface area contributed by atoms with Crippen LogP contribution in [-0.4, -0.2) is 24.3 Å². The van der Waals surface area contributed by atoms with Gasteiger partial charge in [0.25, 0.3) is 5.56 Å². The van der Waals surface area contributed by atoms with Gasteiger partial charge in [0.05, 0.1) is 29.5 Å². The van der Waals surface area contributed by atoms with Crippen molar-refractivity contribution in [3.63, 3.8) is 0 Å². The van der Waals surface area contributed by atoms with E-state index in [0.717, 1.165) is 11.1 Å². The molecule has 0 radical (unpaired) electrons. The molecule has 0 N–H and O–H groups in total. The van der Waals surface area contributed by atoms with Crippen molar-refractivity contribution < 1.29 is 19.0 Å². The van der Waals surface area contributed by atoms with Gasteiger partial charge >= 0.3 is 5.97 Å². The van der Waals surface area contributed by atoms with Crippen molar-refractivity contribution >= 4 is 35.0 Å². The first-order valence-corrected chi connectivity index (χ1v) is 13.9. The van der Waals surface area contributed by atoms with Gasteiger partial charge in [-0.3, -0.25) is 9.36 Å². The molecule has 4 aromatic rings. The first kappa shape index (κ1) is 27.4. The van der Waals surface area contributed by atoms with Crippen molar-refractivity contribution in [2.24, 2.45) is 4.99 Å². The smallest absolute Gasteiger partial charge is 0.338 e. The molecule has 0 bridgehead atoms. The molecule has 1 aliphatic heterocycles. The van der Waals surface area contributed by atoms with Gasteiger partial charge in [0, 0.05) is 16.1 Å².